The molecule has 11 nitrogen and oxygen atoms in total. The number of amides is 1. The molecule has 0 spiro atoms. The first kappa shape index (κ1) is 28.5. The SMILES string of the molecule is COc1cc(NC(=O)COC(=O)c2cccc(S(=O)(=O)N3C[C@]4(C)C[C@@H]3CC(C)(C)C4)c2)c(C)cc1[N+](=O)[O-]. The molecule has 0 aromatic heterocycles. The molecule has 2 atom stereocenters. The lowest BCUT2D eigenvalue weighted by Crippen LogP contribution is -2.37. The van der Waals surface area contributed by atoms with Crippen molar-refractivity contribution in [1.82, 2.24) is 4.31 Å². The summed E-state index contributed by atoms with van der Waals surface area (Å²) < 4.78 is 38.9. The fourth-order valence-electron chi connectivity index (χ4n) is 6.12. The van der Waals surface area contributed by atoms with Crippen LogP contribution in [0.4, 0.5) is 11.4 Å². The Hall–Kier alpha value is -3.51. The Morgan fingerprint density at radius 1 is 1.18 bits per heavy atom. The average molecular weight is 560 g/mol. The van der Waals surface area contributed by atoms with E-state index in [9.17, 15) is 28.1 Å². The number of rotatable bonds is 8. The van der Waals surface area contributed by atoms with Crippen LogP contribution in [0.3, 0.4) is 0 Å². The van der Waals surface area contributed by atoms with E-state index in [1.807, 2.05) is 0 Å². The zero-order valence-corrected chi connectivity index (χ0v) is 23.5. The minimum Gasteiger partial charge on any atom is -0.490 e. The number of nitro benzene ring substituents is 1. The van der Waals surface area contributed by atoms with Gasteiger partial charge in [0.15, 0.2) is 12.4 Å². The number of hydrogen-bond donors (Lipinski definition) is 1. The molecule has 1 aliphatic heterocycles. The molecular formula is C27H33N3O8S. The number of fused-ring (bicyclic) bond motifs is 2. The van der Waals surface area contributed by atoms with Crippen LogP contribution in [0.25, 0.3) is 0 Å². The highest BCUT2D eigenvalue weighted by Gasteiger charge is 2.53. The number of carbonyl (C=O) groups is 2. The predicted octanol–water partition coefficient (Wildman–Crippen LogP) is 4.30. The van der Waals surface area contributed by atoms with E-state index < -0.39 is 33.4 Å². The van der Waals surface area contributed by atoms with Gasteiger partial charge < -0.3 is 14.8 Å². The highest BCUT2D eigenvalue weighted by atomic mass is 32.2. The number of benzene rings is 2. The van der Waals surface area contributed by atoms with Gasteiger partial charge in [0, 0.05) is 30.4 Å². The van der Waals surface area contributed by atoms with Crippen molar-refractivity contribution >= 4 is 33.3 Å². The van der Waals surface area contributed by atoms with Crippen molar-refractivity contribution in [2.24, 2.45) is 10.8 Å². The molecule has 210 valence electrons. The quantitative estimate of drug-likeness (QED) is 0.286. The number of nitro groups is 1. The molecular weight excluding hydrogens is 526 g/mol. The average Bonchev–Trinajstić information content (AvgIpc) is 3.12. The first-order valence-electron chi connectivity index (χ1n) is 12.6. The van der Waals surface area contributed by atoms with Crippen LogP contribution >= 0.6 is 0 Å². The van der Waals surface area contributed by atoms with Crippen LogP contribution in [0.1, 0.15) is 56.0 Å². The molecule has 4 rings (SSSR count). The van der Waals surface area contributed by atoms with Crippen LogP contribution in [0.5, 0.6) is 5.75 Å². The third kappa shape index (κ3) is 5.91. The summed E-state index contributed by atoms with van der Waals surface area (Å²) in [7, 11) is -2.57. The van der Waals surface area contributed by atoms with Gasteiger partial charge in [0.25, 0.3) is 5.91 Å². The van der Waals surface area contributed by atoms with Crippen molar-refractivity contribution in [3.05, 3.63) is 57.6 Å². The Kier molecular flexibility index (Phi) is 7.48. The maximum Gasteiger partial charge on any atom is 0.338 e. The zero-order valence-electron chi connectivity index (χ0n) is 22.6. The summed E-state index contributed by atoms with van der Waals surface area (Å²) in [5, 5.41) is 13.7. The first-order chi connectivity index (χ1) is 18.1. The monoisotopic (exact) mass is 559 g/mol. The van der Waals surface area contributed by atoms with Crippen molar-refractivity contribution in [3.8, 4) is 5.75 Å². The Bertz CT molecular complexity index is 1440. The standard InChI is InChI=1S/C27H33N3O8S/c1-17-9-22(30(33)34)23(37-5)11-21(17)28-24(31)14-38-25(32)18-7-6-8-20(10-18)39(35,36)29-16-27(4)13-19(29)12-26(2,3)15-27/h6-11,19H,12-16H2,1-5H3,(H,28,31)/t19-,27+/m0/s1. The molecule has 2 bridgehead atoms. The van der Waals surface area contributed by atoms with Crippen molar-refractivity contribution in [1.29, 1.82) is 0 Å². The number of methoxy groups -OCH3 is 1. The minimum absolute atomic E-state index is 0.00366. The van der Waals surface area contributed by atoms with Crippen LogP contribution in [0.15, 0.2) is 41.3 Å². The van der Waals surface area contributed by atoms with Gasteiger partial charge in [0.1, 0.15) is 0 Å². The molecule has 1 N–H and O–H groups in total. The second-order valence-electron chi connectivity index (χ2n) is 11.5. The van der Waals surface area contributed by atoms with Crippen LogP contribution in [0, 0.1) is 27.9 Å². The van der Waals surface area contributed by atoms with E-state index >= 15 is 0 Å². The number of carbonyl (C=O) groups excluding carboxylic acids is 2. The molecule has 1 saturated carbocycles. The van der Waals surface area contributed by atoms with E-state index in [0.29, 0.717) is 12.1 Å². The number of aryl methyl sites for hydroxylation is 1. The number of sulfonamides is 1. The van der Waals surface area contributed by atoms with Gasteiger partial charge in [-0.2, -0.15) is 4.31 Å². The molecule has 39 heavy (non-hydrogen) atoms. The van der Waals surface area contributed by atoms with Crippen LogP contribution in [0.2, 0.25) is 0 Å². The summed E-state index contributed by atoms with van der Waals surface area (Å²) in [6.45, 7) is 7.83. The van der Waals surface area contributed by atoms with Gasteiger partial charge in [-0.1, -0.05) is 26.8 Å². The van der Waals surface area contributed by atoms with E-state index in [0.717, 1.165) is 19.3 Å². The third-order valence-corrected chi connectivity index (χ3v) is 9.27. The van der Waals surface area contributed by atoms with Crippen molar-refractivity contribution in [2.45, 2.75) is 57.9 Å². The summed E-state index contributed by atoms with van der Waals surface area (Å²) in [6.07, 6.45) is 2.54. The van der Waals surface area contributed by atoms with E-state index in [4.69, 9.17) is 9.47 Å². The molecule has 1 heterocycles. The second kappa shape index (κ2) is 10.2. The summed E-state index contributed by atoms with van der Waals surface area (Å²) in [6, 6.07) is 8.12. The van der Waals surface area contributed by atoms with Gasteiger partial charge in [-0.15, -0.1) is 0 Å². The molecule has 2 fully saturated rings. The number of nitrogens with zero attached hydrogens (tertiary/aromatic N) is 2. The first-order valence-corrected chi connectivity index (χ1v) is 14.0. The maximum atomic E-state index is 13.6. The van der Waals surface area contributed by atoms with Crippen LogP contribution in [-0.4, -0.2) is 55.8 Å². The molecule has 0 radical (unpaired) electrons. The Labute approximate surface area is 227 Å². The van der Waals surface area contributed by atoms with Gasteiger partial charge in [-0.05, 0) is 60.8 Å². The summed E-state index contributed by atoms with van der Waals surface area (Å²) in [5.41, 5.74) is 0.403. The lowest BCUT2D eigenvalue weighted by atomic mass is 9.65. The van der Waals surface area contributed by atoms with Gasteiger partial charge in [-0.25, -0.2) is 13.2 Å². The highest BCUT2D eigenvalue weighted by molar-refractivity contribution is 7.89. The van der Waals surface area contributed by atoms with Gasteiger partial charge in [-0.3, -0.25) is 14.9 Å². The lowest BCUT2D eigenvalue weighted by Gasteiger charge is -2.39. The van der Waals surface area contributed by atoms with E-state index in [-0.39, 0.29) is 44.5 Å². The van der Waals surface area contributed by atoms with E-state index in [1.165, 1.54) is 43.5 Å². The van der Waals surface area contributed by atoms with Gasteiger partial charge in [0.2, 0.25) is 10.0 Å². The summed E-state index contributed by atoms with van der Waals surface area (Å²) in [5.74, 6) is -1.56. The molecule has 0 unspecified atom stereocenters. The number of hydrogen-bond acceptors (Lipinski definition) is 8. The Balaban J connectivity index is 1.43. The molecule has 2 aromatic rings. The lowest BCUT2D eigenvalue weighted by molar-refractivity contribution is -0.385. The van der Waals surface area contributed by atoms with Crippen molar-refractivity contribution in [2.75, 3.05) is 25.6 Å². The minimum atomic E-state index is -3.84. The van der Waals surface area contributed by atoms with Crippen LogP contribution < -0.4 is 10.1 Å². The van der Waals surface area contributed by atoms with Crippen molar-refractivity contribution in [3.63, 3.8) is 0 Å². The topological polar surface area (TPSA) is 145 Å². The number of nitrogens with one attached hydrogen (secondary N) is 1. The molecule has 1 amide bonds. The summed E-state index contributed by atoms with van der Waals surface area (Å²) >= 11 is 0. The van der Waals surface area contributed by atoms with Crippen molar-refractivity contribution < 1.29 is 32.4 Å². The smallest absolute Gasteiger partial charge is 0.338 e. The molecule has 2 aliphatic rings. The number of ether oxygens (including phenoxy) is 2. The predicted molar refractivity (Wildman–Crippen MR) is 143 cm³/mol. The van der Waals surface area contributed by atoms with Gasteiger partial charge in [0.05, 0.1) is 22.5 Å². The maximum absolute atomic E-state index is 13.6. The fourth-order valence-corrected chi connectivity index (χ4v) is 7.94. The second-order valence-corrected chi connectivity index (χ2v) is 13.4. The largest absolute Gasteiger partial charge is 0.490 e. The highest BCUT2D eigenvalue weighted by Crippen LogP contribution is 2.53. The molecule has 2 aromatic carbocycles. The molecule has 12 heteroatoms. The molecule has 1 saturated heterocycles. The number of esters is 1. The van der Waals surface area contributed by atoms with Gasteiger partial charge >= 0.3 is 11.7 Å². The summed E-state index contributed by atoms with van der Waals surface area (Å²) in [4.78, 5) is 35.7. The zero-order chi connectivity index (χ0) is 28.8. The Morgan fingerprint density at radius 3 is 2.56 bits per heavy atom. The normalized spacial score (nSPS) is 22.2. The third-order valence-electron chi connectivity index (χ3n) is 7.37. The Morgan fingerprint density at radius 2 is 1.90 bits per heavy atom. The van der Waals surface area contributed by atoms with E-state index in [1.54, 1.807) is 11.2 Å². The molecule has 1 aliphatic carbocycles. The fraction of sp³-hybridized carbons (Fsp3) is 0.481. The van der Waals surface area contributed by atoms with E-state index in [2.05, 4.69) is 26.1 Å². The van der Waals surface area contributed by atoms with Crippen LogP contribution in [-0.2, 0) is 19.6 Å². The number of anilines is 1.